The first-order chi connectivity index (χ1) is 9.63. The van der Waals surface area contributed by atoms with Crippen molar-refractivity contribution in [1.29, 1.82) is 5.26 Å². The molecule has 0 bridgehead atoms. The number of nitrogens with zero attached hydrogens (tertiary/aromatic N) is 1. The normalized spacial score (nSPS) is 10.1. The van der Waals surface area contributed by atoms with Gasteiger partial charge in [-0.05, 0) is 35.9 Å². The van der Waals surface area contributed by atoms with Gasteiger partial charge in [0.15, 0.2) is 0 Å². The monoisotopic (exact) mass is 304 g/mol. The Morgan fingerprint density at radius 3 is 2.80 bits per heavy atom. The molecule has 2 rings (SSSR count). The van der Waals surface area contributed by atoms with Gasteiger partial charge in [-0.2, -0.15) is 5.26 Å². The van der Waals surface area contributed by atoms with Gasteiger partial charge < -0.3 is 10.5 Å². The highest BCUT2D eigenvalue weighted by Gasteiger charge is 2.06. The average Bonchev–Trinajstić information content (AvgIpc) is 2.47. The van der Waals surface area contributed by atoms with Crippen molar-refractivity contribution >= 4 is 29.1 Å². The molecule has 0 saturated carbocycles. The van der Waals surface area contributed by atoms with Gasteiger partial charge in [-0.15, -0.1) is 11.8 Å². The van der Waals surface area contributed by atoms with Crippen LogP contribution in [0.4, 0.5) is 5.69 Å². The predicted molar refractivity (Wildman–Crippen MR) is 83.1 cm³/mol. The van der Waals surface area contributed by atoms with Crippen LogP contribution in [-0.4, -0.2) is 7.11 Å². The van der Waals surface area contributed by atoms with E-state index in [1.807, 2.05) is 18.2 Å². The highest BCUT2D eigenvalue weighted by molar-refractivity contribution is 7.98. The van der Waals surface area contributed by atoms with Gasteiger partial charge in [0, 0.05) is 16.3 Å². The van der Waals surface area contributed by atoms with Gasteiger partial charge in [0.1, 0.15) is 11.8 Å². The molecule has 0 aromatic heterocycles. The summed E-state index contributed by atoms with van der Waals surface area (Å²) in [5.41, 5.74) is 8.03. The molecule has 0 saturated heterocycles. The topological polar surface area (TPSA) is 59.0 Å². The zero-order valence-electron chi connectivity index (χ0n) is 10.9. The van der Waals surface area contributed by atoms with Crippen molar-refractivity contribution in [3.05, 3.63) is 52.5 Å². The van der Waals surface area contributed by atoms with E-state index in [1.54, 1.807) is 37.1 Å². The summed E-state index contributed by atoms with van der Waals surface area (Å²) in [7, 11) is 1.56. The molecule has 0 radical (unpaired) electrons. The van der Waals surface area contributed by atoms with Crippen molar-refractivity contribution in [3.8, 4) is 11.8 Å². The largest absolute Gasteiger partial charge is 0.495 e. The Bertz CT molecular complexity index is 667. The first-order valence-corrected chi connectivity index (χ1v) is 7.25. The summed E-state index contributed by atoms with van der Waals surface area (Å²) in [4.78, 5) is 0.940. The Balaban J connectivity index is 2.15. The molecular weight excluding hydrogens is 292 g/mol. The van der Waals surface area contributed by atoms with Crippen LogP contribution in [0.1, 0.15) is 11.1 Å². The number of rotatable bonds is 4. The van der Waals surface area contributed by atoms with Crippen molar-refractivity contribution in [1.82, 2.24) is 0 Å². The number of hydrogen-bond acceptors (Lipinski definition) is 4. The van der Waals surface area contributed by atoms with Crippen molar-refractivity contribution < 1.29 is 4.74 Å². The standard InChI is InChI=1S/C15H13ClN2OS/c1-19-14-6-10(2-3-11(14)8-17)9-20-15-7-12(18)4-5-13(15)16/h2-7H,9,18H2,1H3. The summed E-state index contributed by atoms with van der Waals surface area (Å²) >= 11 is 7.72. The van der Waals surface area contributed by atoms with Crippen LogP contribution in [0, 0.1) is 11.3 Å². The molecule has 0 atom stereocenters. The molecule has 0 spiro atoms. The van der Waals surface area contributed by atoms with E-state index in [2.05, 4.69) is 6.07 Å². The third-order valence-electron chi connectivity index (χ3n) is 2.74. The molecule has 3 nitrogen and oxygen atoms in total. The average molecular weight is 305 g/mol. The molecule has 0 aliphatic rings. The van der Waals surface area contributed by atoms with Crippen LogP contribution >= 0.6 is 23.4 Å². The number of hydrogen-bond donors (Lipinski definition) is 1. The van der Waals surface area contributed by atoms with Gasteiger partial charge in [-0.3, -0.25) is 0 Å². The molecule has 5 heteroatoms. The zero-order chi connectivity index (χ0) is 14.5. The molecule has 2 aromatic rings. The number of thioether (sulfide) groups is 1. The molecule has 0 fully saturated rings. The molecule has 0 aliphatic heterocycles. The summed E-state index contributed by atoms with van der Waals surface area (Å²) in [6.45, 7) is 0. The van der Waals surface area contributed by atoms with Gasteiger partial charge in [0.05, 0.1) is 17.7 Å². The van der Waals surface area contributed by atoms with Crippen molar-refractivity contribution in [2.75, 3.05) is 12.8 Å². The lowest BCUT2D eigenvalue weighted by atomic mass is 10.1. The fourth-order valence-electron chi connectivity index (χ4n) is 1.71. The SMILES string of the molecule is COc1cc(CSc2cc(N)ccc2Cl)ccc1C#N. The maximum Gasteiger partial charge on any atom is 0.136 e. The zero-order valence-corrected chi connectivity index (χ0v) is 12.5. The minimum Gasteiger partial charge on any atom is -0.495 e. The second kappa shape index (κ2) is 6.56. The Hall–Kier alpha value is -1.83. The lowest BCUT2D eigenvalue weighted by molar-refractivity contribution is 0.413. The minimum absolute atomic E-state index is 0.531. The van der Waals surface area contributed by atoms with E-state index in [1.165, 1.54) is 0 Å². The molecule has 2 aromatic carbocycles. The molecule has 0 unspecified atom stereocenters. The molecule has 0 heterocycles. The molecule has 2 N–H and O–H groups in total. The van der Waals surface area contributed by atoms with Gasteiger partial charge >= 0.3 is 0 Å². The van der Waals surface area contributed by atoms with Crippen LogP contribution < -0.4 is 10.5 Å². The minimum atomic E-state index is 0.531. The van der Waals surface area contributed by atoms with Crippen molar-refractivity contribution in [2.24, 2.45) is 0 Å². The summed E-state index contributed by atoms with van der Waals surface area (Å²) in [5.74, 6) is 1.31. The van der Waals surface area contributed by atoms with Gasteiger partial charge in [0.2, 0.25) is 0 Å². The van der Waals surface area contributed by atoms with Crippen LogP contribution in [0.2, 0.25) is 5.02 Å². The van der Waals surface area contributed by atoms with Crippen LogP contribution in [0.5, 0.6) is 5.75 Å². The van der Waals surface area contributed by atoms with Crippen molar-refractivity contribution in [3.63, 3.8) is 0 Å². The van der Waals surface area contributed by atoms with Crippen LogP contribution in [0.25, 0.3) is 0 Å². The number of nitrogens with two attached hydrogens (primary N) is 1. The number of methoxy groups -OCH3 is 1. The second-order valence-corrected chi connectivity index (χ2v) is 5.55. The highest BCUT2D eigenvalue weighted by atomic mass is 35.5. The van der Waals surface area contributed by atoms with Crippen molar-refractivity contribution in [2.45, 2.75) is 10.6 Å². The Morgan fingerprint density at radius 2 is 2.10 bits per heavy atom. The lowest BCUT2D eigenvalue weighted by Crippen LogP contribution is -1.91. The maximum absolute atomic E-state index is 8.95. The predicted octanol–water partition coefficient (Wildman–Crippen LogP) is 4.09. The Morgan fingerprint density at radius 1 is 1.30 bits per heavy atom. The van der Waals surface area contributed by atoms with Gasteiger partial charge in [0.25, 0.3) is 0 Å². The summed E-state index contributed by atoms with van der Waals surface area (Å²) in [6, 6.07) is 13.1. The number of ether oxygens (including phenoxy) is 1. The number of anilines is 1. The molecule has 0 aliphatic carbocycles. The fraction of sp³-hybridized carbons (Fsp3) is 0.133. The van der Waals surface area contributed by atoms with E-state index in [0.717, 1.165) is 16.2 Å². The number of halogens is 1. The van der Waals surface area contributed by atoms with E-state index < -0.39 is 0 Å². The first-order valence-electron chi connectivity index (χ1n) is 5.89. The lowest BCUT2D eigenvalue weighted by Gasteiger charge is -2.08. The summed E-state index contributed by atoms with van der Waals surface area (Å²) < 4.78 is 5.19. The quantitative estimate of drug-likeness (QED) is 0.682. The maximum atomic E-state index is 8.95. The summed E-state index contributed by atoms with van der Waals surface area (Å²) in [5, 5.41) is 9.63. The third-order valence-corrected chi connectivity index (χ3v) is 4.30. The van der Waals surface area contributed by atoms with Gasteiger partial charge in [-0.25, -0.2) is 0 Å². The van der Waals surface area contributed by atoms with E-state index in [0.29, 0.717) is 22.0 Å². The van der Waals surface area contributed by atoms with E-state index in [4.69, 9.17) is 27.3 Å². The van der Waals surface area contributed by atoms with Crippen LogP contribution in [0.3, 0.4) is 0 Å². The molecule has 20 heavy (non-hydrogen) atoms. The van der Waals surface area contributed by atoms with Crippen LogP contribution in [0.15, 0.2) is 41.3 Å². The number of benzene rings is 2. The fourth-order valence-corrected chi connectivity index (χ4v) is 2.92. The van der Waals surface area contributed by atoms with E-state index in [-0.39, 0.29) is 0 Å². The van der Waals surface area contributed by atoms with E-state index >= 15 is 0 Å². The number of nitriles is 1. The number of nitrogen functional groups attached to an aromatic ring is 1. The Labute approximate surface area is 127 Å². The highest BCUT2D eigenvalue weighted by Crippen LogP contribution is 2.32. The van der Waals surface area contributed by atoms with Crippen LogP contribution in [-0.2, 0) is 5.75 Å². The summed E-state index contributed by atoms with van der Waals surface area (Å²) in [6.07, 6.45) is 0. The smallest absolute Gasteiger partial charge is 0.136 e. The molecule has 0 amide bonds. The first kappa shape index (κ1) is 14.6. The molecule has 102 valence electrons. The Kier molecular flexibility index (Phi) is 4.78. The second-order valence-electron chi connectivity index (χ2n) is 4.12. The van der Waals surface area contributed by atoms with E-state index in [9.17, 15) is 0 Å². The third kappa shape index (κ3) is 3.38. The van der Waals surface area contributed by atoms with Gasteiger partial charge in [-0.1, -0.05) is 17.7 Å². The molecular formula is C15H13ClN2OS.